The maximum absolute atomic E-state index is 13.9. The largest absolute Gasteiger partial charge is 0.315 e. The number of sulfone groups is 1. The number of carbonyl (C=O) groups is 1. The van der Waals surface area contributed by atoms with E-state index in [1.807, 2.05) is 0 Å². The Morgan fingerprint density at radius 1 is 1.30 bits per heavy atom. The number of amides is 1. The van der Waals surface area contributed by atoms with Crippen molar-refractivity contribution in [3.63, 3.8) is 0 Å². The van der Waals surface area contributed by atoms with Gasteiger partial charge in [0.2, 0.25) is 0 Å². The molecule has 27 heavy (non-hydrogen) atoms. The maximum Gasteiger partial charge on any atom is 0.264 e. The van der Waals surface area contributed by atoms with Gasteiger partial charge in [-0.15, -0.1) is 0 Å². The van der Waals surface area contributed by atoms with Crippen molar-refractivity contribution in [1.29, 1.82) is 0 Å². The minimum absolute atomic E-state index is 0.0834. The lowest BCUT2D eigenvalue weighted by Gasteiger charge is -2.25. The summed E-state index contributed by atoms with van der Waals surface area (Å²) in [5.41, 5.74) is 0.812. The Morgan fingerprint density at radius 2 is 1.96 bits per heavy atom. The Bertz CT molecular complexity index is 1040. The average Bonchev–Trinajstić information content (AvgIpc) is 2.61. The Kier molecular flexibility index (Phi) is 5.81. The van der Waals surface area contributed by atoms with Gasteiger partial charge in [-0.3, -0.25) is 14.8 Å². The third kappa shape index (κ3) is 4.06. The van der Waals surface area contributed by atoms with Crippen LogP contribution in [0.3, 0.4) is 0 Å². The quantitative estimate of drug-likeness (QED) is 0.565. The van der Waals surface area contributed by atoms with Crippen LogP contribution in [0.2, 0.25) is 0 Å². The number of hydrogen-bond donors (Lipinski definition) is 2. The second-order valence-corrected chi connectivity index (χ2v) is 8.69. The minimum Gasteiger partial charge on any atom is -0.315 e. The van der Waals surface area contributed by atoms with Crippen molar-refractivity contribution >= 4 is 15.7 Å². The number of aryl methyl sites for hydroxylation is 1. The van der Waals surface area contributed by atoms with Gasteiger partial charge in [0.05, 0.1) is 0 Å². The summed E-state index contributed by atoms with van der Waals surface area (Å²) in [4.78, 5) is 24.1. The van der Waals surface area contributed by atoms with Gasteiger partial charge in [-0.2, -0.15) is 0 Å². The molecule has 0 bridgehead atoms. The van der Waals surface area contributed by atoms with Gasteiger partial charge in [-0.25, -0.2) is 22.7 Å². The molecule has 146 valence electrons. The molecule has 2 N–H and O–H groups in total. The molecule has 1 aromatic heterocycles. The van der Waals surface area contributed by atoms with Gasteiger partial charge < -0.3 is 4.57 Å². The van der Waals surface area contributed by atoms with Gasteiger partial charge in [0, 0.05) is 30.6 Å². The van der Waals surface area contributed by atoms with Crippen molar-refractivity contribution in [2.75, 3.05) is 6.26 Å². The number of aromatic nitrogens is 1. The number of pyridine rings is 1. The number of benzene rings is 1. The van der Waals surface area contributed by atoms with Crippen molar-refractivity contribution in [2.24, 2.45) is 0 Å². The lowest BCUT2D eigenvalue weighted by molar-refractivity contribution is -0.131. The van der Waals surface area contributed by atoms with Gasteiger partial charge in [0.1, 0.15) is 0 Å². The summed E-state index contributed by atoms with van der Waals surface area (Å²) in [6.45, 7) is 0.983. The molecule has 0 aliphatic heterocycles. The molecule has 0 radical (unpaired) electrons. The topological polar surface area (TPSA) is 105 Å². The first-order valence-electron chi connectivity index (χ1n) is 7.80. The van der Waals surface area contributed by atoms with Crippen molar-refractivity contribution in [2.45, 2.75) is 24.6 Å². The highest BCUT2D eigenvalue weighted by molar-refractivity contribution is 7.92. The molecule has 2 aromatic rings. The van der Waals surface area contributed by atoms with E-state index in [1.165, 1.54) is 29.9 Å². The Hall–Kier alpha value is -2.59. The number of hydrogen-bond acceptors (Lipinski definition) is 5. The van der Waals surface area contributed by atoms with Crippen LogP contribution in [0.5, 0.6) is 0 Å². The summed E-state index contributed by atoms with van der Waals surface area (Å²) >= 11 is 0. The Labute approximate surface area is 154 Å². The number of halogens is 2. The molecule has 0 saturated heterocycles. The molecule has 0 spiro atoms. The molecule has 10 heteroatoms. The third-order valence-electron chi connectivity index (χ3n) is 4.49. The van der Waals surface area contributed by atoms with E-state index in [-0.39, 0.29) is 24.1 Å². The van der Waals surface area contributed by atoms with Crippen LogP contribution in [-0.2, 0) is 21.2 Å². The predicted octanol–water partition coefficient (Wildman–Crippen LogP) is 1.49. The van der Waals surface area contributed by atoms with Crippen molar-refractivity contribution in [1.82, 2.24) is 10.0 Å². The molecule has 0 aliphatic rings. The van der Waals surface area contributed by atoms with Gasteiger partial charge >= 0.3 is 0 Å². The van der Waals surface area contributed by atoms with E-state index in [1.54, 1.807) is 0 Å². The highest BCUT2D eigenvalue weighted by Gasteiger charge is 2.43. The van der Waals surface area contributed by atoms with Gasteiger partial charge in [-0.1, -0.05) is 12.1 Å². The number of nitrogens with zero attached hydrogens (tertiary/aromatic N) is 1. The SMILES string of the molecule is C[C@@](CCn1ccc(-c2cccc(F)c2F)cc1=O)(C(=O)NO)S(C)(=O)=O. The fourth-order valence-electron chi connectivity index (χ4n) is 2.51. The van der Waals surface area contributed by atoms with Crippen LogP contribution in [0.4, 0.5) is 8.78 Å². The highest BCUT2D eigenvalue weighted by atomic mass is 32.2. The fraction of sp³-hybridized carbons (Fsp3) is 0.294. The number of rotatable bonds is 6. The molecule has 1 aromatic carbocycles. The Balaban J connectivity index is 2.33. The van der Waals surface area contributed by atoms with Crippen LogP contribution in [0, 0.1) is 11.6 Å². The first kappa shape index (κ1) is 20.7. The zero-order valence-electron chi connectivity index (χ0n) is 14.6. The molecule has 0 unspecified atom stereocenters. The monoisotopic (exact) mass is 400 g/mol. The van der Waals surface area contributed by atoms with Gasteiger partial charge in [0.25, 0.3) is 11.5 Å². The van der Waals surface area contributed by atoms with E-state index in [2.05, 4.69) is 0 Å². The summed E-state index contributed by atoms with van der Waals surface area (Å²) in [7, 11) is -3.90. The van der Waals surface area contributed by atoms with E-state index in [0.717, 1.165) is 29.9 Å². The van der Waals surface area contributed by atoms with Crippen LogP contribution in [0.1, 0.15) is 13.3 Å². The predicted molar refractivity (Wildman–Crippen MR) is 93.8 cm³/mol. The Morgan fingerprint density at radius 3 is 2.52 bits per heavy atom. The molecule has 1 heterocycles. The maximum atomic E-state index is 13.9. The molecule has 1 amide bonds. The van der Waals surface area contributed by atoms with E-state index >= 15 is 0 Å². The summed E-state index contributed by atoms with van der Waals surface area (Å²) in [5.74, 6) is -3.24. The second-order valence-electron chi connectivity index (χ2n) is 6.24. The molecule has 2 rings (SSSR count). The number of hydroxylamine groups is 1. The van der Waals surface area contributed by atoms with Crippen molar-refractivity contribution in [3.8, 4) is 11.1 Å². The summed E-state index contributed by atoms with van der Waals surface area (Å²) in [6.07, 6.45) is 1.86. The molecule has 7 nitrogen and oxygen atoms in total. The zero-order valence-corrected chi connectivity index (χ0v) is 15.4. The molecule has 1 atom stereocenters. The minimum atomic E-state index is -3.90. The summed E-state index contributed by atoms with van der Waals surface area (Å²) in [6, 6.07) is 6.05. The van der Waals surface area contributed by atoms with Gasteiger partial charge in [-0.05, 0) is 31.0 Å². The number of nitrogens with one attached hydrogen (secondary N) is 1. The second kappa shape index (κ2) is 7.57. The van der Waals surface area contributed by atoms with E-state index < -0.39 is 37.7 Å². The van der Waals surface area contributed by atoms with Crippen molar-refractivity contribution in [3.05, 3.63) is 58.5 Å². The van der Waals surface area contributed by atoms with E-state index in [9.17, 15) is 26.8 Å². The van der Waals surface area contributed by atoms with E-state index in [0.29, 0.717) is 0 Å². The standard InChI is InChI=1S/C17H18F2N2O5S/c1-17(16(23)20-24,27(2,25)26)7-9-21-8-6-11(10-14(21)22)12-4-3-5-13(18)15(12)19/h3-6,8,10,24H,7,9H2,1-2H3,(H,20,23)/t17-/m1/s1. The number of carbonyl (C=O) groups excluding carboxylic acids is 1. The van der Waals surface area contributed by atoms with Crippen LogP contribution < -0.4 is 11.0 Å². The summed E-state index contributed by atoms with van der Waals surface area (Å²) in [5, 5.41) is 8.80. The van der Waals surface area contributed by atoms with Gasteiger partial charge in [0.15, 0.2) is 26.2 Å². The molecular formula is C17H18F2N2O5S. The average molecular weight is 400 g/mol. The molecule has 0 saturated carbocycles. The lowest BCUT2D eigenvalue weighted by Crippen LogP contribution is -2.49. The fourth-order valence-corrected chi connectivity index (χ4v) is 3.35. The smallest absolute Gasteiger partial charge is 0.264 e. The highest BCUT2D eigenvalue weighted by Crippen LogP contribution is 2.24. The van der Waals surface area contributed by atoms with Crippen LogP contribution in [-0.4, -0.2) is 35.1 Å². The third-order valence-corrected chi connectivity index (χ3v) is 6.51. The molecular weight excluding hydrogens is 382 g/mol. The summed E-state index contributed by atoms with van der Waals surface area (Å²) < 4.78 is 50.3. The van der Waals surface area contributed by atoms with Crippen LogP contribution in [0.25, 0.3) is 11.1 Å². The zero-order chi connectivity index (χ0) is 20.4. The lowest BCUT2D eigenvalue weighted by atomic mass is 10.1. The normalized spacial score (nSPS) is 13.8. The van der Waals surface area contributed by atoms with Crippen molar-refractivity contribution < 1.29 is 27.2 Å². The first-order valence-corrected chi connectivity index (χ1v) is 9.69. The molecule has 0 fully saturated rings. The first-order chi connectivity index (χ1) is 12.5. The van der Waals surface area contributed by atoms with Crippen LogP contribution in [0.15, 0.2) is 41.3 Å². The van der Waals surface area contributed by atoms with Crippen LogP contribution >= 0.6 is 0 Å². The van der Waals surface area contributed by atoms with E-state index in [4.69, 9.17) is 5.21 Å². The molecule has 0 aliphatic carbocycles.